The van der Waals surface area contributed by atoms with Crippen molar-refractivity contribution in [2.24, 2.45) is 0 Å². The number of benzene rings is 1. The SMILES string of the molecule is CN(C)c1cccc(C(=O)N2CC(Nc3ccncn3)C2)c1. The number of nitrogens with one attached hydrogen (secondary N) is 1. The van der Waals surface area contributed by atoms with Crippen LogP contribution in [-0.4, -0.2) is 54.0 Å². The molecular weight excluding hydrogens is 278 g/mol. The van der Waals surface area contributed by atoms with Crippen LogP contribution in [-0.2, 0) is 0 Å². The first-order valence-electron chi connectivity index (χ1n) is 7.22. The van der Waals surface area contributed by atoms with Crippen LogP contribution >= 0.6 is 0 Å². The molecule has 3 rings (SSSR count). The summed E-state index contributed by atoms with van der Waals surface area (Å²) in [6.07, 6.45) is 3.21. The minimum absolute atomic E-state index is 0.0736. The molecule has 0 saturated carbocycles. The molecule has 1 saturated heterocycles. The van der Waals surface area contributed by atoms with Gasteiger partial charge in [-0.3, -0.25) is 4.79 Å². The number of hydrogen-bond acceptors (Lipinski definition) is 5. The van der Waals surface area contributed by atoms with Gasteiger partial charge in [0.1, 0.15) is 12.1 Å². The van der Waals surface area contributed by atoms with Crippen molar-refractivity contribution in [1.29, 1.82) is 0 Å². The van der Waals surface area contributed by atoms with Crippen LogP contribution < -0.4 is 10.2 Å². The average molecular weight is 297 g/mol. The van der Waals surface area contributed by atoms with Crippen LogP contribution in [0.5, 0.6) is 0 Å². The zero-order valence-corrected chi connectivity index (χ0v) is 12.7. The van der Waals surface area contributed by atoms with Crippen molar-refractivity contribution in [2.45, 2.75) is 6.04 Å². The summed E-state index contributed by atoms with van der Waals surface area (Å²) in [5.41, 5.74) is 1.76. The van der Waals surface area contributed by atoms with E-state index in [0.717, 1.165) is 17.1 Å². The predicted molar refractivity (Wildman–Crippen MR) is 86.1 cm³/mol. The van der Waals surface area contributed by atoms with E-state index in [0.29, 0.717) is 13.1 Å². The minimum Gasteiger partial charge on any atom is -0.378 e. The molecule has 1 fully saturated rings. The third-order valence-electron chi connectivity index (χ3n) is 3.71. The maximum Gasteiger partial charge on any atom is 0.254 e. The highest BCUT2D eigenvalue weighted by Gasteiger charge is 2.31. The number of anilines is 2. The van der Waals surface area contributed by atoms with Crippen molar-refractivity contribution in [3.8, 4) is 0 Å². The number of carbonyl (C=O) groups is 1. The lowest BCUT2D eigenvalue weighted by Gasteiger charge is -2.39. The van der Waals surface area contributed by atoms with E-state index in [2.05, 4.69) is 15.3 Å². The van der Waals surface area contributed by atoms with E-state index >= 15 is 0 Å². The van der Waals surface area contributed by atoms with E-state index in [4.69, 9.17) is 0 Å². The normalized spacial score (nSPS) is 14.4. The largest absolute Gasteiger partial charge is 0.378 e. The Morgan fingerprint density at radius 1 is 1.32 bits per heavy atom. The Kier molecular flexibility index (Phi) is 3.91. The molecule has 1 N–H and O–H groups in total. The van der Waals surface area contributed by atoms with Gasteiger partial charge in [-0.15, -0.1) is 0 Å². The maximum atomic E-state index is 12.5. The Morgan fingerprint density at radius 3 is 2.82 bits per heavy atom. The van der Waals surface area contributed by atoms with Crippen LogP contribution in [0.3, 0.4) is 0 Å². The first-order chi connectivity index (χ1) is 10.6. The Morgan fingerprint density at radius 2 is 2.14 bits per heavy atom. The van der Waals surface area contributed by atoms with Gasteiger partial charge in [0.25, 0.3) is 5.91 Å². The van der Waals surface area contributed by atoms with Crippen molar-refractivity contribution < 1.29 is 4.79 Å². The second-order valence-corrected chi connectivity index (χ2v) is 5.59. The zero-order chi connectivity index (χ0) is 15.5. The molecule has 0 bridgehead atoms. The first kappa shape index (κ1) is 14.3. The highest BCUT2D eigenvalue weighted by Crippen LogP contribution is 2.19. The van der Waals surface area contributed by atoms with Crippen molar-refractivity contribution in [2.75, 3.05) is 37.4 Å². The minimum atomic E-state index is 0.0736. The van der Waals surface area contributed by atoms with Crippen molar-refractivity contribution in [3.63, 3.8) is 0 Å². The van der Waals surface area contributed by atoms with Gasteiger partial charge in [-0.1, -0.05) is 6.07 Å². The molecule has 2 heterocycles. The Balaban J connectivity index is 1.58. The topological polar surface area (TPSA) is 61.4 Å². The fourth-order valence-electron chi connectivity index (χ4n) is 2.42. The molecule has 1 aromatic carbocycles. The monoisotopic (exact) mass is 297 g/mol. The van der Waals surface area contributed by atoms with Crippen LogP contribution in [0.2, 0.25) is 0 Å². The van der Waals surface area contributed by atoms with Gasteiger partial charge in [0.05, 0.1) is 6.04 Å². The van der Waals surface area contributed by atoms with Crippen molar-refractivity contribution in [3.05, 3.63) is 48.4 Å². The lowest BCUT2D eigenvalue weighted by Crippen LogP contribution is -2.57. The molecule has 114 valence electrons. The molecule has 1 aliphatic heterocycles. The van der Waals surface area contributed by atoms with E-state index in [1.807, 2.05) is 54.2 Å². The third-order valence-corrected chi connectivity index (χ3v) is 3.71. The molecule has 2 aromatic rings. The summed E-state index contributed by atoms with van der Waals surface area (Å²) in [6.45, 7) is 1.38. The summed E-state index contributed by atoms with van der Waals surface area (Å²) in [5.74, 6) is 0.867. The van der Waals surface area contributed by atoms with Crippen LogP contribution in [0.1, 0.15) is 10.4 Å². The second kappa shape index (κ2) is 6.01. The molecule has 6 nitrogen and oxygen atoms in total. The third kappa shape index (κ3) is 3.00. The highest BCUT2D eigenvalue weighted by molar-refractivity contribution is 5.95. The maximum absolute atomic E-state index is 12.5. The zero-order valence-electron chi connectivity index (χ0n) is 12.7. The number of amides is 1. The van der Waals surface area contributed by atoms with Crippen LogP contribution in [0.15, 0.2) is 42.9 Å². The van der Waals surface area contributed by atoms with Gasteiger partial charge in [-0.05, 0) is 24.3 Å². The molecule has 22 heavy (non-hydrogen) atoms. The predicted octanol–water partition coefficient (Wildman–Crippen LogP) is 1.48. The Hall–Kier alpha value is -2.63. The van der Waals surface area contributed by atoms with E-state index in [1.165, 1.54) is 6.33 Å². The van der Waals surface area contributed by atoms with Gasteiger partial charge < -0.3 is 15.1 Å². The van der Waals surface area contributed by atoms with Gasteiger partial charge in [-0.2, -0.15) is 0 Å². The first-order valence-corrected chi connectivity index (χ1v) is 7.22. The molecule has 0 unspecified atom stereocenters. The van der Waals surface area contributed by atoms with Crippen molar-refractivity contribution in [1.82, 2.24) is 14.9 Å². The molecule has 1 aromatic heterocycles. The Bertz CT molecular complexity index is 653. The van der Waals surface area contributed by atoms with Gasteiger partial charge in [-0.25, -0.2) is 9.97 Å². The fraction of sp³-hybridized carbons (Fsp3) is 0.312. The molecule has 1 aliphatic rings. The summed E-state index contributed by atoms with van der Waals surface area (Å²) < 4.78 is 0. The lowest BCUT2D eigenvalue weighted by atomic mass is 10.1. The fourth-order valence-corrected chi connectivity index (χ4v) is 2.42. The molecular formula is C16H19N5O. The van der Waals surface area contributed by atoms with Gasteiger partial charge in [0.15, 0.2) is 0 Å². The van der Waals surface area contributed by atoms with E-state index in [-0.39, 0.29) is 11.9 Å². The highest BCUT2D eigenvalue weighted by atomic mass is 16.2. The molecule has 6 heteroatoms. The number of likely N-dealkylation sites (tertiary alicyclic amines) is 1. The number of rotatable bonds is 4. The van der Waals surface area contributed by atoms with Crippen molar-refractivity contribution >= 4 is 17.4 Å². The molecule has 0 radical (unpaired) electrons. The lowest BCUT2D eigenvalue weighted by molar-refractivity contribution is 0.0625. The summed E-state index contributed by atoms with van der Waals surface area (Å²) in [5, 5.41) is 3.29. The van der Waals surface area contributed by atoms with E-state index < -0.39 is 0 Å². The number of nitrogens with zero attached hydrogens (tertiary/aromatic N) is 4. The van der Waals surface area contributed by atoms with Gasteiger partial charge in [0, 0.05) is 44.6 Å². The number of aromatic nitrogens is 2. The summed E-state index contributed by atoms with van der Waals surface area (Å²) in [6, 6.07) is 9.76. The van der Waals surface area contributed by atoms with Gasteiger partial charge in [0.2, 0.25) is 0 Å². The quantitative estimate of drug-likeness (QED) is 0.926. The molecule has 1 amide bonds. The van der Waals surface area contributed by atoms with Crippen LogP contribution in [0.25, 0.3) is 0 Å². The van der Waals surface area contributed by atoms with E-state index in [9.17, 15) is 4.79 Å². The standard InChI is InChI=1S/C16H19N5O/c1-20(2)14-5-3-4-12(8-14)16(22)21-9-13(10-21)19-15-6-7-17-11-18-15/h3-8,11,13H,9-10H2,1-2H3,(H,17,18,19). The summed E-state index contributed by atoms with van der Waals surface area (Å²) in [7, 11) is 3.93. The number of hydrogen-bond donors (Lipinski definition) is 1. The molecule has 0 aliphatic carbocycles. The Labute approximate surface area is 129 Å². The summed E-state index contributed by atoms with van der Waals surface area (Å²) >= 11 is 0. The second-order valence-electron chi connectivity index (χ2n) is 5.59. The average Bonchev–Trinajstić information content (AvgIpc) is 2.51. The van der Waals surface area contributed by atoms with Crippen LogP contribution in [0, 0.1) is 0 Å². The van der Waals surface area contributed by atoms with Crippen LogP contribution in [0.4, 0.5) is 11.5 Å². The molecule has 0 atom stereocenters. The molecule has 0 spiro atoms. The smallest absolute Gasteiger partial charge is 0.254 e. The summed E-state index contributed by atoms with van der Waals surface area (Å²) in [4.78, 5) is 24.3. The number of carbonyl (C=O) groups excluding carboxylic acids is 1. The van der Waals surface area contributed by atoms with E-state index in [1.54, 1.807) is 6.20 Å². The van der Waals surface area contributed by atoms with Gasteiger partial charge >= 0.3 is 0 Å².